The van der Waals surface area contributed by atoms with Crippen LogP contribution in [0.4, 0.5) is 10.1 Å². The van der Waals surface area contributed by atoms with E-state index in [0.29, 0.717) is 30.0 Å². The number of nitrogens with one attached hydrogen (secondary N) is 1. The highest BCUT2D eigenvalue weighted by molar-refractivity contribution is 6.06. The first kappa shape index (κ1) is 14.7. The second-order valence-corrected chi connectivity index (χ2v) is 5.76. The van der Waals surface area contributed by atoms with Gasteiger partial charge in [0.1, 0.15) is 11.6 Å². The molecule has 0 bridgehead atoms. The van der Waals surface area contributed by atoms with Crippen LogP contribution in [0.2, 0.25) is 0 Å². The summed E-state index contributed by atoms with van der Waals surface area (Å²) < 4.78 is 18.7. The minimum atomic E-state index is -0.715. The SMILES string of the molecule is O=C(Nc1ccc2c(c1)CCO2)C1CC(c2cccc(F)c2)=NO1. The maximum Gasteiger partial charge on any atom is 0.268 e. The summed E-state index contributed by atoms with van der Waals surface area (Å²) in [4.78, 5) is 17.6. The third kappa shape index (κ3) is 2.82. The van der Waals surface area contributed by atoms with Crippen LogP contribution in [-0.2, 0) is 16.1 Å². The molecular weight excluding hydrogens is 311 g/mol. The van der Waals surface area contributed by atoms with Crippen LogP contribution < -0.4 is 10.1 Å². The van der Waals surface area contributed by atoms with Crippen molar-refractivity contribution in [3.63, 3.8) is 0 Å². The molecule has 0 spiro atoms. The van der Waals surface area contributed by atoms with Crippen LogP contribution in [0.15, 0.2) is 47.6 Å². The molecule has 6 heteroatoms. The molecule has 0 aromatic heterocycles. The van der Waals surface area contributed by atoms with Crippen LogP contribution in [0.25, 0.3) is 0 Å². The predicted molar refractivity (Wildman–Crippen MR) is 86.7 cm³/mol. The fraction of sp³-hybridized carbons (Fsp3) is 0.222. The zero-order valence-electron chi connectivity index (χ0n) is 12.8. The van der Waals surface area contributed by atoms with Gasteiger partial charge >= 0.3 is 0 Å². The van der Waals surface area contributed by atoms with Gasteiger partial charge in [-0.25, -0.2) is 4.39 Å². The monoisotopic (exact) mass is 326 g/mol. The Bertz CT molecular complexity index is 835. The van der Waals surface area contributed by atoms with E-state index >= 15 is 0 Å². The van der Waals surface area contributed by atoms with Gasteiger partial charge in [0, 0.05) is 24.1 Å². The van der Waals surface area contributed by atoms with E-state index in [-0.39, 0.29) is 11.7 Å². The number of oxime groups is 1. The number of rotatable bonds is 3. The second kappa shape index (κ2) is 5.96. The average molecular weight is 326 g/mol. The number of carbonyl (C=O) groups is 1. The summed E-state index contributed by atoms with van der Waals surface area (Å²) in [5.41, 5.74) is 2.97. The molecule has 2 aromatic carbocycles. The normalized spacial score (nSPS) is 18.4. The van der Waals surface area contributed by atoms with Gasteiger partial charge in [-0.3, -0.25) is 4.79 Å². The molecule has 2 heterocycles. The Labute approximate surface area is 138 Å². The number of ether oxygens (including phenoxy) is 1. The summed E-state index contributed by atoms with van der Waals surface area (Å²) >= 11 is 0. The van der Waals surface area contributed by atoms with Gasteiger partial charge in [0.25, 0.3) is 5.91 Å². The van der Waals surface area contributed by atoms with Gasteiger partial charge in [0.05, 0.1) is 12.3 Å². The molecule has 24 heavy (non-hydrogen) atoms. The molecule has 0 fully saturated rings. The van der Waals surface area contributed by atoms with E-state index in [9.17, 15) is 9.18 Å². The highest BCUT2D eigenvalue weighted by Gasteiger charge is 2.29. The molecule has 1 amide bonds. The fourth-order valence-corrected chi connectivity index (χ4v) is 2.84. The molecule has 0 radical (unpaired) electrons. The van der Waals surface area contributed by atoms with Crippen LogP contribution in [0, 0.1) is 5.82 Å². The van der Waals surface area contributed by atoms with Crippen molar-refractivity contribution in [3.8, 4) is 5.75 Å². The van der Waals surface area contributed by atoms with Crippen LogP contribution in [0.1, 0.15) is 17.5 Å². The van der Waals surface area contributed by atoms with Crippen LogP contribution >= 0.6 is 0 Å². The van der Waals surface area contributed by atoms with E-state index in [1.165, 1.54) is 12.1 Å². The zero-order valence-corrected chi connectivity index (χ0v) is 12.8. The molecular formula is C18H15FN2O3. The Hall–Kier alpha value is -2.89. The summed E-state index contributed by atoms with van der Waals surface area (Å²) in [5, 5.41) is 6.75. The third-order valence-electron chi connectivity index (χ3n) is 4.08. The smallest absolute Gasteiger partial charge is 0.268 e. The lowest BCUT2D eigenvalue weighted by molar-refractivity contribution is -0.125. The van der Waals surface area contributed by atoms with E-state index < -0.39 is 6.10 Å². The van der Waals surface area contributed by atoms with E-state index in [4.69, 9.17) is 9.57 Å². The van der Waals surface area contributed by atoms with E-state index in [1.54, 1.807) is 18.2 Å². The van der Waals surface area contributed by atoms with Crippen LogP contribution in [-0.4, -0.2) is 24.3 Å². The molecule has 5 nitrogen and oxygen atoms in total. The highest BCUT2D eigenvalue weighted by Crippen LogP contribution is 2.28. The lowest BCUT2D eigenvalue weighted by atomic mass is 10.0. The van der Waals surface area contributed by atoms with E-state index in [1.807, 2.05) is 12.1 Å². The molecule has 0 saturated carbocycles. The number of hydrogen-bond acceptors (Lipinski definition) is 4. The number of anilines is 1. The number of carbonyl (C=O) groups excluding carboxylic acids is 1. The Morgan fingerprint density at radius 1 is 1.25 bits per heavy atom. The molecule has 2 aromatic rings. The number of hydrogen-bond donors (Lipinski definition) is 1. The zero-order chi connectivity index (χ0) is 16.5. The maximum atomic E-state index is 13.3. The van der Waals surface area contributed by atoms with Crippen molar-refractivity contribution in [2.24, 2.45) is 5.16 Å². The minimum Gasteiger partial charge on any atom is -0.493 e. The van der Waals surface area contributed by atoms with Gasteiger partial charge in [-0.05, 0) is 35.9 Å². The summed E-state index contributed by atoms with van der Waals surface area (Å²) in [7, 11) is 0. The van der Waals surface area contributed by atoms with E-state index in [0.717, 1.165) is 17.7 Å². The maximum absolute atomic E-state index is 13.3. The Kier molecular flexibility index (Phi) is 3.65. The van der Waals surface area contributed by atoms with Gasteiger partial charge in [0.2, 0.25) is 6.10 Å². The molecule has 0 saturated heterocycles. The first-order valence-electron chi connectivity index (χ1n) is 7.74. The van der Waals surface area contributed by atoms with Gasteiger partial charge < -0.3 is 14.9 Å². The van der Waals surface area contributed by atoms with Gasteiger partial charge in [0.15, 0.2) is 0 Å². The predicted octanol–water partition coefficient (Wildman–Crippen LogP) is 2.89. The summed E-state index contributed by atoms with van der Waals surface area (Å²) in [6.07, 6.45) is 0.433. The number of halogens is 1. The van der Waals surface area contributed by atoms with Crippen LogP contribution in [0.5, 0.6) is 5.75 Å². The molecule has 1 N–H and O–H groups in total. The molecule has 1 unspecified atom stereocenters. The van der Waals surface area contributed by atoms with Crippen molar-refractivity contribution < 1.29 is 18.8 Å². The number of benzene rings is 2. The standard InChI is InChI=1S/C18H15FN2O3/c19-13-3-1-2-11(8-13)15-10-17(24-21-15)18(22)20-14-4-5-16-12(9-14)6-7-23-16/h1-5,8-9,17H,6-7,10H2,(H,20,22). The first-order chi connectivity index (χ1) is 11.7. The lowest BCUT2D eigenvalue weighted by Crippen LogP contribution is -2.28. The molecule has 0 aliphatic carbocycles. The van der Waals surface area contributed by atoms with Gasteiger partial charge in [-0.2, -0.15) is 0 Å². The molecule has 122 valence electrons. The number of amides is 1. The molecule has 2 aliphatic heterocycles. The molecule has 2 aliphatic rings. The third-order valence-corrected chi connectivity index (χ3v) is 4.08. The molecule has 4 rings (SSSR count). The number of fused-ring (bicyclic) bond motifs is 1. The van der Waals surface area contributed by atoms with E-state index in [2.05, 4.69) is 10.5 Å². The fourth-order valence-electron chi connectivity index (χ4n) is 2.84. The lowest BCUT2D eigenvalue weighted by Gasteiger charge is -2.10. The largest absolute Gasteiger partial charge is 0.493 e. The topological polar surface area (TPSA) is 59.9 Å². The van der Waals surface area contributed by atoms with Crippen molar-refractivity contribution in [2.45, 2.75) is 18.9 Å². The van der Waals surface area contributed by atoms with Crippen molar-refractivity contribution in [1.82, 2.24) is 0 Å². The van der Waals surface area contributed by atoms with Gasteiger partial charge in [-0.15, -0.1) is 0 Å². The number of nitrogens with zero attached hydrogens (tertiary/aromatic N) is 1. The van der Waals surface area contributed by atoms with Gasteiger partial charge in [-0.1, -0.05) is 17.3 Å². The van der Waals surface area contributed by atoms with Crippen molar-refractivity contribution in [2.75, 3.05) is 11.9 Å². The second-order valence-electron chi connectivity index (χ2n) is 5.76. The molecule has 1 atom stereocenters. The Morgan fingerprint density at radius 2 is 2.17 bits per heavy atom. The first-order valence-corrected chi connectivity index (χ1v) is 7.74. The van der Waals surface area contributed by atoms with Crippen molar-refractivity contribution >= 4 is 17.3 Å². The average Bonchev–Trinajstić information content (AvgIpc) is 3.24. The quantitative estimate of drug-likeness (QED) is 0.943. The summed E-state index contributed by atoms with van der Waals surface area (Å²) in [5.74, 6) is 0.245. The van der Waals surface area contributed by atoms with Crippen LogP contribution in [0.3, 0.4) is 0 Å². The summed E-state index contributed by atoms with van der Waals surface area (Å²) in [6, 6.07) is 11.6. The highest BCUT2D eigenvalue weighted by atomic mass is 19.1. The Balaban J connectivity index is 1.42. The Morgan fingerprint density at radius 3 is 3.04 bits per heavy atom. The minimum absolute atomic E-state index is 0.274. The summed E-state index contributed by atoms with van der Waals surface area (Å²) in [6.45, 7) is 0.670. The van der Waals surface area contributed by atoms with Crippen molar-refractivity contribution in [1.29, 1.82) is 0 Å². The van der Waals surface area contributed by atoms with Crippen molar-refractivity contribution in [3.05, 3.63) is 59.4 Å².